The van der Waals surface area contributed by atoms with Crippen LogP contribution < -0.4 is 14.5 Å². The van der Waals surface area contributed by atoms with Crippen LogP contribution in [0, 0.1) is 0 Å². The van der Waals surface area contributed by atoms with E-state index in [4.69, 9.17) is 11.6 Å². The predicted molar refractivity (Wildman–Crippen MR) is 118 cm³/mol. The number of nitrogens with one attached hydrogen (secondary N) is 1. The number of hydrogen-bond donors (Lipinski definition) is 1. The summed E-state index contributed by atoms with van der Waals surface area (Å²) in [5.41, 5.74) is 2.51. The molecule has 156 valence electrons. The van der Waals surface area contributed by atoms with E-state index >= 15 is 0 Å². The van der Waals surface area contributed by atoms with E-state index in [1.54, 1.807) is 25.1 Å². The minimum atomic E-state index is -3.67. The van der Waals surface area contributed by atoms with Crippen LogP contribution in [-0.4, -0.2) is 39.7 Å². The molecule has 1 atom stereocenters. The first-order valence-corrected chi connectivity index (χ1v) is 11.8. The van der Waals surface area contributed by atoms with Crippen molar-refractivity contribution in [3.05, 3.63) is 59.1 Å². The standard InChI is InChI=1S/C21H26ClN3O3S/c1-16(25(29(2,27)28)20-7-5-6-18(22)14-20)21(26)23-15-17-8-10-19(11-9-17)24-12-3-4-13-24/h5-11,14,16H,3-4,12-13,15H2,1-2H3,(H,23,26)/t16-/m1/s1. The lowest BCUT2D eigenvalue weighted by Gasteiger charge is -2.28. The van der Waals surface area contributed by atoms with Gasteiger partial charge in [0.1, 0.15) is 6.04 Å². The summed E-state index contributed by atoms with van der Waals surface area (Å²) < 4.78 is 25.7. The van der Waals surface area contributed by atoms with E-state index in [0.29, 0.717) is 17.3 Å². The highest BCUT2D eigenvalue weighted by atomic mass is 35.5. The maximum atomic E-state index is 12.7. The van der Waals surface area contributed by atoms with Crippen molar-refractivity contribution in [1.29, 1.82) is 0 Å². The third kappa shape index (κ3) is 5.42. The van der Waals surface area contributed by atoms with Crippen LogP contribution in [0.5, 0.6) is 0 Å². The zero-order valence-electron chi connectivity index (χ0n) is 16.6. The number of nitrogens with zero attached hydrogens (tertiary/aromatic N) is 2. The minimum Gasteiger partial charge on any atom is -0.372 e. The van der Waals surface area contributed by atoms with Gasteiger partial charge in [-0.25, -0.2) is 8.42 Å². The van der Waals surface area contributed by atoms with Crippen molar-refractivity contribution >= 4 is 38.9 Å². The molecule has 1 aliphatic rings. The lowest BCUT2D eigenvalue weighted by Crippen LogP contribution is -2.47. The molecule has 6 nitrogen and oxygen atoms in total. The van der Waals surface area contributed by atoms with E-state index in [0.717, 1.165) is 29.2 Å². The quantitative estimate of drug-likeness (QED) is 0.723. The lowest BCUT2D eigenvalue weighted by molar-refractivity contribution is -0.122. The summed E-state index contributed by atoms with van der Waals surface area (Å²) in [4.78, 5) is 15.0. The number of amides is 1. The van der Waals surface area contributed by atoms with Crippen LogP contribution >= 0.6 is 11.6 Å². The first kappa shape index (κ1) is 21.5. The Morgan fingerprint density at radius 2 is 1.83 bits per heavy atom. The Kier molecular flexibility index (Phi) is 6.70. The van der Waals surface area contributed by atoms with E-state index in [2.05, 4.69) is 22.3 Å². The lowest BCUT2D eigenvalue weighted by atomic mass is 10.2. The summed E-state index contributed by atoms with van der Waals surface area (Å²) >= 11 is 6.00. The molecule has 0 unspecified atom stereocenters. The molecule has 0 spiro atoms. The Bertz CT molecular complexity index is 957. The third-order valence-corrected chi connectivity index (χ3v) is 6.50. The molecule has 1 aliphatic heterocycles. The molecule has 2 aromatic rings. The summed E-state index contributed by atoms with van der Waals surface area (Å²) in [6.45, 7) is 4.06. The predicted octanol–water partition coefficient (Wildman–Crippen LogP) is 3.41. The maximum Gasteiger partial charge on any atom is 0.243 e. The van der Waals surface area contributed by atoms with E-state index in [-0.39, 0.29) is 5.91 Å². The molecular formula is C21H26ClN3O3S. The van der Waals surface area contributed by atoms with Gasteiger partial charge < -0.3 is 10.2 Å². The van der Waals surface area contributed by atoms with Crippen molar-refractivity contribution in [2.75, 3.05) is 28.6 Å². The molecule has 8 heteroatoms. The van der Waals surface area contributed by atoms with Crippen LogP contribution in [0.15, 0.2) is 48.5 Å². The Morgan fingerprint density at radius 3 is 2.41 bits per heavy atom. The fourth-order valence-corrected chi connectivity index (χ4v) is 4.91. The number of halogens is 1. The number of benzene rings is 2. The molecule has 1 N–H and O–H groups in total. The molecule has 0 saturated carbocycles. The summed E-state index contributed by atoms with van der Waals surface area (Å²) in [5, 5.41) is 3.24. The van der Waals surface area contributed by atoms with Gasteiger partial charge in [-0.3, -0.25) is 9.10 Å². The number of anilines is 2. The largest absolute Gasteiger partial charge is 0.372 e. The molecule has 1 amide bonds. The molecule has 29 heavy (non-hydrogen) atoms. The molecule has 1 fully saturated rings. The highest BCUT2D eigenvalue weighted by molar-refractivity contribution is 7.92. The van der Waals surface area contributed by atoms with Crippen molar-refractivity contribution < 1.29 is 13.2 Å². The van der Waals surface area contributed by atoms with Crippen LogP contribution in [0.3, 0.4) is 0 Å². The topological polar surface area (TPSA) is 69.7 Å². The van der Waals surface area contributed by atoms with E-state index in [1.807, 2.05) is 12.1 Å². The molecule has 1 heterocycles. The van der Waals surface area contributed by atoms with E-state index in [9.17, 15) is 13.2 Å². The van der Waals surface area contributed by atoms with Gasteiger partial charge in [0.25, 0.3) is 0 Å². The van der Waals surface area contributed by atoms with Crippen molar-refractivity contribution in [1.82, 2.24) is 5.32 Å². The second kappa shape index (κ2) is 9.05. The average Bonchev–Trinajstić information content (AvgIpc) is 3.20. The average molecular weight is 436 g/mol. The van der Waals surface area contributed by atoms with Crippen LogP contribution in [0.25, 0.3) is 0 Å². The molecular weight excluding hydrogens is 410 g/mol. The fourth-order valence-electron chi connectivity index (χ4n) is 3.56. The van der Waals surface area contributed by atoms with Gasteiger partial charge in [0.2, 0.25) is 15.9 Å². The summed E-state index contributed by atoms with van der Waals surface area (Å²) in [6, 6.07) is 13.7. The molecule has 0 aliphatic carbocycles. The first-order valence-electron chi connectivity index (χ1n) is 9.62. The van der Waals surface area contributed by atoms with Crippen molar-refractivity contribution in [3.63, 3.8) is 0 Å². The van der Waals surface area contributed by atoms with Gasteiger partial charge in [-0.05, 0) is 55.7 Å². The van der Waals surface area contributed by atoms with Crippen LogP contribution in [0.2, 0.25) is 5.02 Å². The summed E-state index contributed by atoms with van der Waals surface area (Å²) in [5.74, 6) is -0.376. The Balaban J connectivity index is 1.66. The van der Waals surface area contributed by atoms with Crippen molar-refractivity contribution in [3.8, 4) is 0 Å². The summed E-state index contributed by atoms with van der Waals surface area (Å²) in [6.07, 6.45) is 3.52. The highest BCUT2D eigenvalue weighted by Crippen LogP contribution is 2.24. The molecule has 0 bridgehead atoms. The van der Waals surface area contributed by atoms with Gasteiger partial charge in [0.15, 0.2) is 0 Å². The van der Waals surface area contributed by atoms with E-state index in [1.165, 1.54) is 24.6 Å². The number of hydrogen-bond acceptors (Lipinski definition) is 4. The van der Waals surface area contributed by atoms with Crippen LogP contribution in [0.4, 0.5) is 11.4 Å². The molecule has 0 aromatic heterocycles. The number of carbonyl (C=O) groups excluding carboxylic acids is 1. The first-order chi connectivity index (χ1) is 13.8. The molecule has 3 rings (SSSR count). The smallest absolute Gasteiger partial charge is 0.243 e. The Morgan fingerprint density at radius 1 is 1.17 bits per heavy atom. The molecule has 0 radical (unpaired) electrons. The van der Waals surface area contributed by atoms with Gasteiger partial charge in [0.05, 0.1) is 11.9 Å². The monoisotopic (exact) mass is 435 g/mol. The second-order valence-electron chi connectivity index (χ2n) is 7.29. The minimum absolute atomic E-state index is 0.330. The number of carbonyl (C=O) groups is 1. The number of rotatable bonds is 7. The summed E-state index contributed by atoms with van der Waals surface area (Å²) in [7, 11) is -3.67. The SMILES string of the molecule is C[C@H](C(=O)NCc1ccc(N2CCCC2)cc1)N(c1cccc(Cl)c1)S(C)(=O)=O. The number of sulfonamides is 1. The van der Waals surface area contributed by atoms with Crippen molar-refractivity contribution in [2.24, 2.45) is 0 Å². The highest BCUT2D eigenvalue weighted by Gasteiger charge is 2.29. The Hall–Kier alpha value is -2.25. The zero-order chi connectivity index (χ0) is 21.0. The second-order valence-corrected chi connectivity index (χ2v) is 9.59. The van der Waals surface area contributed by atoms with Crippen molar-refractivity contribution in [2.45, 2.75) is 32.4 Å². The van der Waals surface area contributed by atoms with Gasteiger partial charge in [-0.2, -0.15) is 0 Å². The van der Waals surface area contributed by atoms with E-state index < -0.39 is 16.1 Å². The third-order valence-electron chi connectivity index (χ3n) is 5.03. The Labute approximate surface area is 177 Å². The van der Waals surface area contributed by atoms with Gasteiger partial charge in [-0.1, -0.05) is 29.8 Å². The maximum absolute atomic E-state index is 12.7. The zero-order valence-corrected chi connectivity index (χ0v) is 18.2. The molecule has 2 aromatic carbocycles. The molecule has 1 saturated heterocycles. The fraction of sp³-hybridized carbons (Fsp3) is 0.381. The van der Waals surface area contributed by atoms with Gasteiger partial charge in [0, 0.05) is 30.3 Å². The van der Waals surface area contributed by atoms with Crippen LogP contribution in [0.1, 0.15) is 25.3 Å². The van der Waals surface area contributed by atoms with Gasteiger partial charge in [-0.15, -0.1) is 0 Å². The van der Waals surface area contributed by atoms with Gasteiger partial charge >= 0.3 is 0 Å². The van der Waals surface area contributed by atoms with Crippen LogP contribution in [-0.2, 0) is 21.4 Å². The normalized spacial score (nSPS) is 15.2.